The van der Waals surface area contributed by atoms with Gasteiger partial charge in [-0.1, -0.05) is 25.1 Å². The molecule has 1 N–H and O–H groups in total. The van der Waals surface area contributed by atoms with Gasteiger partial charge in [0.1, 0.15) is 0 Å². The number of nitrogens with zero attached hydrogens (tertiary/aromatic N) is 4. The first-order valence-electron chi connectivity index (χ1n) is 6.91. The number of rotatable bonds is 7. The molecule has 1 amide bonds. The fourth-order valence-corrected chi connectivity index (χ4v) is 2.52. The highest BCUT2D eigenvalue weighted by atomic mass is 32.2. The Labute approximate surface area is 128 Å². The number of hydrogen-bond acceptors (Lipinski definition) is 5. The van der Waals surface area contributed by atoms with E-state index in [4.69, 9.17) is 0 Å². The highest BCUT2D eigenvalue weighted by Crippen LogP contribution is 2.21. The van der Waals surface area contributed by atoms with Crippen molar-refractivity contribution < 1.29 is 4.79 Å². The number of aromatic nitrogens is 4. The summed E-state index contributed by atoms with van der Waals surface area (Å²) in [7, 11) is 1.90. The maximum Gasteiger partial charge on any atom is 0.230 e. The van der Waals surface area contributed by atoms with Crippen molar-refractivity contribution in [1.29, 1.82) is 0 Å². The van der Waals surface area contributed by atoms with E-state index in [1.807, 2.05) is 23.7 Å². The normalized spacial score (nSPS) is 10.6. The Morgan fingerprint density at radius 1 is 1.33 bits per heavy atom. The van der Waals surface area contributed by atoms with Crippen molar-refractivity contribution in [3.05, 3.63) is 24.5 Å². The molecule has 2 heterocycles. The molecule has 0 aliphatic carbocycles. The number of carbonyl (C=O) groups excluding carboxylic acids is 1. The smallest absolute Gasteiger partial charge is 0.230 e. The lowest BCUT2D eigenvalue weighted by Gasteiger charge is -2.05. The average Bonchev–Trinajstić information content (AvgIpc) is 2.87. The van der Waals surface area contributed by atoms with Crippen molar-refractivity contribution in [3.8, 4) is 11.4 Å². The number of carbonyl (C=O) groups is 1. The SMILES string of the molecule is CCCCNC(=O)CSc1nnc(-c2ccncc2)n1C. The molecule has 0 atom stereocenters. The summed E-state index contributed by atoms with van der Waals surface area (Å²) in [5.74, 6) is 1.15. The van der Waals surface area contributed by atoms with Gasteiger partial charge >= 0.3 is 0 Å². The van der Waals surface area contributed by atoms with E-state index in [2.05, 4.69) is 27.4 Å². The van der Waals surface area contributed by atoms with E-state index in [1.54, 1.807) is 12.4 Å². The molecule has 0 aliphatic heterocycles. The van der Waals surface area contributed by atoms with Crippen molar-refractivity contribution in [1.82, 2.24) is 25.1 Å². The largest absolute Gasteiger partial charge is 0.355 e. The molecule has 0 unspecified atom stereocenters. The fourth-order valence-electron chi connectivity index (χ4n) is 1.78. The van der Waals surface area contributed by atoms with Gasteiger partial charge in [0.15, 0.2) is 11.0 Å². The van der Waals surface area contributed by atoms with E-state index in [1.165, 1.54) is 11.8 Å². The Morgan fingerprint density at radius 3 is 2.81 bits per heavy atom. The van der Waals surface area contributed by atoms with E-state index >= 15 is 0 Å². The zero-order valence-corrected chi connectivity index (χ0v) is 13.1. The first-order chi connectivity index (χ1) is 10.2. The summed E-state index contributed by atoms with van der Waals surface area (Å²) in [6.45, 7) is 2.83. The van der Waals surface area contributed by atoms with E-state index in [-0.39, 0.29) is 5.91 Å². The van der Waals surface area contributed by atoms with Crippen LogP contribution in [-0.4, -0.2) is 38.0 Å². The number of unbranched alkanes of at least 4 members (excludes halogenated alkanes) is 1. The minimum Gasteiger partial charge on any atom is -0.355 e. The third-order valence-electron chi connectivity index (χ3n) is 2.96. The van der Waals surface area contributed by atoms with Gasteiger partial charge in [-0.25, -0.2) is 0 Å². The Kier molecular flexibility index (Phi) is 5.74. The van der Waals surface area contributed by atoms with Gasteiger partial charge in [0.25, 0.3) is 0 Å². The first kappa shape index (κ1) is 15.5. The number of hydrogen-bond donors (Lipinski definition) is 1. The maximum atomic E-state index is 11.7. The van der Waals surface area contributed by atoms with Crippen LogP contribution in [-0.2, 0) is 11.8 Å². The van der Waals surface area contributed by atoms with Gasteiger partial charge in [0, 0.05) is 31.5 Å². The lowest BCUT2D eigenvalue weighted by atomic mass is 10.2. The zero-order chi connectivity index (χ0) is 15.1. The highest BCUT2D eigenvalue weighted by molar-refractivity contribution is 7.99. The summed E-state index contributed by atoms with van der Waals surface area (Å²) >= 11 is 1.39. The highest BCUT2D eigenvalue weighted by Gasteiger charge is 2.12. The van der Waals surface area contributed by atoms with Crippen LogP contribution in [0.4, 0.5) is 0 Å². The molecule has 112 valence electrons. The molecule has 0 spiro atoms. The third kappa shape index (κ3) is 4.29. The minimum atomic E-state index is 0.0295. The lowest BCUT2D eigenvalue weighted by molar-refractivity contribution is -0.118. The third-order valence-corrected chi connectivity index (χ3v) is 3.98. The molecule has 2 rings (SSSR count). The molecular weight excluding hydrogens is 286 g/mol. The van der Waals surface area contributed by atoms with E-state index in [9.17, 15) is 4.79 Å². The summed E-state index contributed by atoms with van der Waals surface area (Å²) in [5, 5.41) is 11.9. The van der Waals surface area contributed by atoms with Crippen LogP contribution in [0.15, 0.2) is 29.7 Å². The summed E-state index contributed by atoms with van der Waals surface area (Å²) in [6.07, 6.45) is 5.52. The Morgan fingerprint density at radius 2 is 2.10 bits per heavy atom. The Bertz CT molecular complexity index is 584. The van der Waals surface area contributed by atoms with Crippen LogP contribution in [0.2, 0.25) is 0 Å². The number of amides is 1. The molecule has 0 bridgehead atoms. The lowest BCUT2D eigenvalue weighted by Crippen LogP contribution is -2.26. The van der Waals surface area contributed by atoms with Gasteiger partial charge in [-0.2, -0.15) is 0 Å². The van der Waals surface area contributed by atoms with Gasteiger partial charge in [0.2, 0.25) is 5.91 Å². The van der Waals surface area contributed by atoms with Crippen LogP contribution in [0.3, 0.4) is 0 Å². The quantitative estimate of drug-likeness (QED) is 0.624. The number of thioether (sulfide) groups is 1. The van der Waals surface area contributed by atoms with Gasteiger partial charge in [-0.3, -0.25) is 9.78 Å². The summed E-state index contributed by atoms with van der Waals surface area (Å²) < 4.78 is 1.89. The van der Waals surface area contributed by atoms with Crippen molar-refractivity contribution in [3.63, 3.8) is 0 Å². The second kappa shape index (κ2) is 7.78. The van der Waals surface area contributed by atoms with Crippen molar-refractivity contribution >= 4 is 17.7 Å². The van der Waals surface area contributed by atoms with Crippen LogP contribution in [0.25, 0.3) is 11.4 Å². The molecule has 7 heteroatoms. The predicted octanol–water partition coefficient (Wildman–Crippen LogP) is 1.89. The van der Waals surface area contributed by atoms with E-state index < -0.39 is 0 Å². The van der Waals surface area contributed by atoms with Gasteiger partial charge in [-0.05, 0) is 18.6 Å². The zero-order valence-electron chi connectivity index (χ0n) is 12.2. The monoisotopic (exact) mass is 305 g/mol. The summed E-state index contributed by atoms with van der Waals surface area (Å²) in [5.41, 5.74) is 0.958. The summed E-state index contributed by atoms with van der Waals surface area (Å²) in [6, 6.07) is 3.77. The molecule has 0 radical (unpaired) electrons. The molecule has 21 heavy (non-hydrogen) atoms. The second-order valence-electron chi connectivity index (χ2n) is 4.59. The molecule has 0 fully saturated rings. The average molecular weight is 305 g/mol. The van der Waals surface area contributed by atoms with Crippen molar-refractivity contribution in [2.24, 2.45) is 7.05 Å². The van der Waals surface area contributed by atoms with Gasteiger partial charge < -0.3 is 9.88 Å². The van der Waals surface area contributed by atoms with Crippen LogP contribution < -0.4 is 5.32 Å². The molecule has 0 saturated carbocycles. The van der Waals surface area contributed by atoms with Gasteiger partial charge in [0.05, 0.1) is 5.75 Å². The number of pyridine rings is 1. The van der Waals surface area contributed by atoms with Crippen molar-refractivity contribution in [2.45, 2.75) is 24.9 Å². The standard InChI is InChI=1S/C14H19N5OS/c1-3-4-7-16-12(20)10-21-14-18-17-13(19(14)2)11-5-8-15-9-6-11/h5-6,8-9H,3-4,7,10H2,1-2H3,(H,16,20). The first-order valence-corrected chi connectivity index (χ1v) is 7.90. The maximum absolute atomic E-state index is 11.7. The molecule has 2 aromatic rings. The van der Waals surface area contributed by atoms with Gasteiger partial charge in [-0.15, -0.1) is 10.2 Å². The molecular formula is C14H19N5OS. The van der Waals surface area contributed by atoms with Crippen molar-refractivity contribution in [2.75, 3.05) is 12.3 Å². The predicted molar refractivity (Wildman–Crippen MR) is 82.9 cm³/mol. The topological polar surface area (TPSA) is 72.7 Å². The molecule has 2 aromatic heterocycles. The summed E-state index contributed by atoms with van der Waals surface area (Å²) in [4.78, 5) is 15.7. The molecule has 0 aliphatic rings. The Balaban J connectivity index is 1.93. The van der Waals surface area contributed by atoms with Crippen LogP contribution in [0, 0.1) is 0 Å². The molecule has 6 nitrogen and oxygen atoms in total. The van der Waals surface area contributed by atoms with Crippen LogP contribution in [0.5, 0.6) is 0 Å². The van der Waals surface area contributed by atoms with E-state index in [0.29, 0.717) is 5.75 Å². The second-order valence-corrected chi connectivity index (χ2v) is 5.54. The van der Waals surface area contributed by atoms with E-state index in [0.717, 1.165) is 35.9 Å². The molecule has 0 saturated heterocycles. The minimum absolute atomic E-state index is 0.0295. The number of nitrogens with one attached hydrogen (secondary N) is 1. The van der Waals surface area contributed by atoms with Crippen LogP contribution in [0.1, 0.15) is 19.8 Å². The molecule has 0 aromatic carbocycles. The van der Waals surface area contributed by atoms with Crippen LogP contribution >= 0.6 is 11.8 Å². The fraction of sp³-hybridized carbons (Fsp3) is 0.429. The Hall–Kier alpha value is -1.89.